The van der Waals surface area contributed by atoms with Crippen molar-refractivity contribution in [2.75, 3.05) is 7.05 Å². The van der Waals surface area contributed by atoms with Gasteiger partial charge < -0.3 is 15.0 Å². The molecular weight excluding hydrogens is 362 g/mol. The van der Waals surface area contributed by atoms with E-state index < -0.39 is 0 Å². The standard InChI is InChI=1S/C24H27N3O2/c1-19(23-13-6-7-14-25-23)27(2)24(28)26-16-21-11-8-12-22(15-21)18-29-17-20-9-4-3-5-10-20/h3-15,19H,16-18H2,1-2H3,(H,26,28). The van der Waals surface area contributed by atoms with E-state index in [-0.39, 0.29) is 12.1 Å². The fraction of sp³-hybridized carbons (Fsp3) is 0.250. The van der Waals surface area contributed by atoms with Gasteiger partial charge in [-0.2, -0.15) is 0 Å². The zero-order valence-electron chi connectivity index (χ0n) is 16.9. The van der Waals surface area contributed by atoms with Gasteiger partial charge in [0.2, 0.25) is 0 Å². The highest BCUT2D eigenvalue weighted by Gasteiger charge is 2.17. The molecule has 150 valence electrons. The van der Waals surface area contributed by atoms with Crippen molar-refractivity contribution in [1.82, 2.24) is 15.2 Å². The van der Waals surface area contributed by atoms with Crippen molar-refractivity contribution in [3.63, 3.8) is 0 Å². The predicted octanol–water partition coefficient (Wildman–Crippen LogP) is 4.70. The third kappa shape index (κ3) is 6.16. The minimum atomic E-state index is -0.131. The second-order valence-electron chi connectivity index (χ2n) is 7.00. The number of amides is 2. The number of nitrogens with one attached hydrogen (secondary N) is 1. The van der Waals surface area contributed by atoms with Crippen LogP contribution in [0.25, 0.3) is 0 Å². The summed E-state index contributed by atoms with van der Waals surface area (Å²) in [6.07, 6.45) is 1.74. The van der Waals surface area contributed by atoms with Crippen LogP contribution in [-0.2, 0) is 24.5 Å². The van der Waals surface area contributed by atoms with Gasteiger partial charge >= 0.3 is 6.03 Å². The molecule has 1 N–H and O–H groups in total. The molecule has 2 amide bonds. The van der Waals surface area contributed by atoms with E-state index in [1.807, 2.05) is 61.5 Å². The van der Waals surface area contributed by atoms with Crippen molar-refractivity contribution < 1.29 is 9.53 Å². The highest BCUT2D eigenvalue weighted by Crippen LogP contribution is 2.16. The Morgan fingerprint density at radius 3 is 2.41 bits per heavy atom. The molecule has 0 aliphatic carbocycles. The Bertz CT molecular complexity index is 900. The fourth-order valence-electron chi connectivity index (χ4n) is 2.99. The summed E-state index contributed by atoms with van der Waals surface area (Å²) >= 11 is 0. The predicted molar refractivity (Wildman–Crippen MR) is 114 cm³/mol. The molecule has 0 radical (unpaired) electrons. The number of ether oxygens (including phenoxy) is 1. The lowest BCUT2D eigenvalue weighted by molar-refractivity contribution is 0.107. The zero-order valence-corrected chi connectivity index (χ0v) is 16.9. The Labute approximate surface area is 172 Å². The molecule has 1 atom stereocenters. The lowest BCUT2D eigenvalue weighted by Crippen LogP contribution is -2.38. The summed E-state index contributed by atoms with van der Waals surface area (Å²) in [5, 5.41) is 2.98. The van der Waals surface area contributed by atoms with Gasteiger partial charge in [0.25, 0.3) is 0 Å². The number of benzene rings is 2. The van der Waals surface area contributed by atoms with Gasteiger partial charge in [0.1, 0.15) is 0 Å². The second-order valence-corrected chi connectivity index (χ2v) is 7.00. The highest BCUT2D eigenvalue weighted by atomic mass is 16.5. The topological polar surface area (TPSA) is 54.5 Å². The quantitative estimate of drug-likeness (QED) is 0.607. The first kappa shape index (κ1) is 20.6. The molecule has 1 unspecified atom stereocenters. The molecule has 1 heterocycles. The smallest absolute Gasteiger partial charge is 0.317 e. The summed E-state index contributed by atoms with van der Waals surface area (Å²) in [7, 11) is 1.78. The monoisotopic (exact) mass is 389 g/mol. The van der Waals surface area contributed by atoms with Gasteiger partial charge in [-0.3, -0.25) is 4.98 Å². The summed E-state index contributed by atoms with van der Waals surface area (Å²) in [6, 6.07) is 23.7. The summed E-state index contributed by atoms with van der Waals surface area (Å²) in [4.78, 5) is 18.5. The molecule has 2 aromatic carbocycles. The summed E-state index contributed by atoms with van der Waals surface area (Å²) in [5.41, 5.74) is 4.14. The molecular formula is C24H27N3O2. The minimum absolute atomic E-state index is 0.103. The maximum atomic E-state index is 12.5. The summed E-state index contributed by atoms with van der Waals surface area (Å²) in [6.45, 7) is 3.54. The van der Waals surface area contributed by atoms with E-state index in [0.717, 1.165) is 22.4 Å². The van der Waals surface area contributed by atoms with Crippen molar-refractivity contribution in [2.24, 2.45) is 0 Å². The molecule has 29 heavy (non-hydrogen) atoms. The number of nitrogens with zero attached hydrogens (tertiary/aromatic N) is 2. The van der Waals surface area contributed by atoms with E-state index in [1.165, 1.54) is 0 Å². The number of carbonyl (C=O) groups is 1. The van der Waals surface area contributed by atoms with Gasteiger partial charge in [-0.15, -0.1) is 0 Å². The van der Waals surface area contributed by atoms with E-state index in [1.54, 1.807) is 18.1 Å². The van der Waals surface area contributed by atoms with Gasteiger partial charge in [0.05, 0.1) is 24.9 Å². The molecule has 0 aliphatic rings. The third-order valence-electron chi connectivity index (χ3n) is 4.83. The van der Waals surface area contributed by atoms with Crippen LogP contribution >= 0.6 is 0 Å². The second kappa shape index (κ2) is 10.4. The first-order chi connectivity index (χ1) is 14.1. The van der Waals surface area contributed by atoms with E-state index in [4.69, 9.17) is 4.74 Å². The Morgan fingerprint density at radius 1 is 0.966 bits per heavy atom. The molecule has 5 nitrogen and oxygen atoms in total. The number of hydrogen-bond donors (Lipinski definition) is 1. The average molecular weight is 389 g/mol. The van der Waals surface area contributed by atoms with Gasteiger partial charge in [-0.25, -0.2) is 4.79 Å². The maximum Gasteiger partial charge on any atom is 0.317 e. The van der Waals surface area contributed by atoms with Gasteiger partial charge in [0, 0.05) is 19.8 Å². The molecule has 1 aromatic heterocycles. The number of rotatable bonds is 8. The van der Waals surface area contributed by atoms with Gasteiger partial charge in [-0.05, 0) is 35.7 Å². The van der Waals surface area contributed by atoms with E-state index in [0.29, 0.717) is 19.8 Å². The Hall–Kier alpha value is -3.18. The van der Waals surface area contributed by atoms with Crippen molar-refractivity contribution in [3.8, 4) is 0 Å². The number of carbonyl (C=O) groups excluding carboxylic acids is 1. The van der Waals surface area contributed by atoms with E-state index in [9.17, 15) is 4.79 Å². The first-order valence-electron chi connectivity index (χ1n) is 9.74. The third-order valence-corrected chi connectivity index (χ3v) is 4.83. The average Bonchev–Trinajstić information content (AvgIpc) is 2.78. The molecule has 0 fully saturated rings. The molecule has 0 bridgehead atoms. The number of aromatic nitrogens is 1. The summed E-state index contributed by atoms with van der Waals surface area (Å²) < 4.78 is 5.80. The summed E-state index contributed by atoms with van der Waals surface area (Å²) in [5.74, 6) is 0. The van der Waals surface area contributed by atoms with Crippen LogP contribution in [0, 0.1) is 0 Å². The minimum Gasteiger partial charge on any atom is -0.372 e. The maximum absolute atomic E-state index is 12.5. The SMILES string of the molecule is CC(c1ccccn1)N(C)C(=O)NCc1cccc(COCc2ccccc2)c1. The molecule has 0 aliphatic heterocycles. The largest absolute Gasteiger partial charge is 0.372 e. The molecule has 0 saturated carbocycles. The van der Waals surface area contributed by atoms with Crippen LogP contribution < -0.4 is 5.32 Å². The highest BCUT2D eigenvalue weighted by molar-refractivity contribution is 5.74. The van der Waals surface area contributed by atoms with Crippen LogP contribution in [0.1, 0.15) is 35.3 Å². The number of hydrogen-bond acceptors (Lipinski definition) is 3. The van der Waals surface area contributed by atoms with Crippen LogP contribution in [0.15, 0.2) is 79.0 Å². The normalized spacial score (nSPS) is 11.7. The van der Waals surface area contributed by atoms with Crippen molar-refractivity contribution in [1.29, 1.82) is 0 Å². The van der Waals surface area contributed by atoms with Crippen LogP contribution in [0.4, 0.5) is 4.79 Å². The fourth-order valence-corrected chi connectivity index (χ4v) is 2.99. The van der Waals surface area contributed by atoms with Gasteiger partial charge in [0.15, 0.2) is 0 Å². The van der Waals surface area contributed by atoms with Crippen LogP contribution in [0.5, 0.6) is 0 Å². The first-order valence-corrected chi connectivity index (χ1v) is 9.74. The molecule has 5 heteroatoms. The molecule has 0 spiro atoms. The lowest BCUT2D eigenvalue weighted by atomic mass is 10.1. The zero-order chi connectivity index (χ0) is 20.5. The number of urea groups is 1. The number of pyridine rings is 1. The van der Waals surface area contributed by atoms with Crippen LogP contribution in [-0.4, -0.2) is 23.0 Å². The van der Waals surface area contributed by atoms with Crippen LogP contribution in [0.2, 0.25) is 0 Å². The Kier molecular flexibility index (Phi) is 7.36. The Balaban J connectivity index is 1.48. The molecule has 3 aromatic rings. The van der Waals surface area contributed by atoms with Gasteiger partial charge in [-0.1, -0.05) is 60.7 Å². The lowest BCUT2D eigenvalue weighted by Gasteiger charge is -2.24. The van der Waals surface area contributed by atoms with E-state index >= 15 is 0 Å². The molecule has 3 rings (SSSR count). The van der Waals surface area contributed by atoms with Crippen molar-refractivity contribution in [3.05, 3.63) is 101 Å². The Morgan fingerprint density at radius 2 is 1.66 bits per heavy atom. The molecule has 0 saturated heterocycles. The van der Waals surface area contributed by atoms with Crippen LogP contribution in [0.3, 0.4) is 0 Å². The van der Waals surface area contributed by atoms with Crippen molar-refractivity contribution in [2.45, 2.75) is 32.7 Å². The van der Waals surface area contributed by atoms with Crippen molar-refractivity contribution >= 4 is 6.03 Å². The van der Waals surface area contributed by atoms with E-state index in [2.05, 4.69) is 28.5 Å².